The Morgan fingerprint density at radius 1 is 1.18 bits per heavy atom. The summed E-state index contributed by atoms with van der Waals surface area (Å²) in [4.78, 5) is 27.0. The van der Waals surface area contributed by atoms with Crippen LogP contribution in [0.1, 0.15) is 43.9 Å². The first-order chi connectivity index (χ1) is 15.8. The normalized spacial score (nSPS) is 17.8. The predicted octanol–water partition coefficient (Wildman–Crippen LogP) is 2.64. The zero-order chi connectivity index (χ0) is 23.6. The summed E-state index contributed by atoms with van der Waals surface area (Å²) in [6.07, 6.45) is 2.80. The molecule has 0 saturated heterocycles. The maximum absolute atomic E-state index is 13.0. The molecule has 1 atom stereocenters. The monoisotopic (exact) mass is 471 g/mol. The highest BCUT2D eigenvalue weighted by Gasteiger charge is 2.31. The van der Waals surface area contributed by atoms with Gasteiger partial charge in [0.25, 0.3) is 5.91 Å². The quantitative estimate of drug-likeness (QED) is 0.670. The number of carbonyl (C=O) groups excluding carboxylic acids is 2. The van der Waals surface area contributed by atoms with Crippen molar-refractivity contribution in [2.75, 3.05) is 31.1 Å². The Kier molecular flexibility index (Phi) is 6.71. The van der Waals surface area contributed by atoms with Crippen molar-refractivity contribution < 1.29 is 22.7 Å². The fourth-order valence-corrected chi connectivity index (χ4v) is 5.99. The summed E-state index contributed by atoms with van der Waals surface area (Å²) in [5.74, 6) is -0.308. The Balaban J connectivity index is 1.57. The highest BCUT2D eigenvalue weighted by molar-refractivity contribution is 7.89. The molecule has 0 saturated carbocycles. The molecule has 1 heterocycles. The number of fused-ring (bicyclic) bond motifs is 2. The molecule has 4 rings (SSSR count). The summed E-state index contributed by atoms with van der Waals surface area (Å²) in [6, 6.07) is 12.4. The second-order valence-electron chi connectivity index (χ2n) is 8.20. The number of carbonyl (C=O) groups is 2. The fraction of sp³-hybridized carbons (Fsp3) is 0.417. The van der Waals surface area contributed by atoms with Crippen LogP contribution in [0.25, 0.3) is 0 Å². The van der Waals surface area contributed by atoms with E-state index in [0.29, 0.717) is 24.5 Å². The number of ether oxygens (including phenoxy) is 1. The number of amides is 2. The van der Waals surface area contributed by atoms with E-state index in [1.807, 2.05) is 18.2 Å². The van der Waals surface area contributed by atoms with Gasteiger partial charge in [0.05, 0.1) is 16.6 Å². The van der Waals surface area contributed by atoms with Crippen LogP contribution < -0.4 is 15.0 Å². The lowest BCUT2D eigenvalue weighted by Crippen LogP contribution is -2.46. The van der Waals surface area contributed by atoms with Crippen LogP contribution >= 0.6 is 0 Å². The average Bonchev–Trinajstić information content (AvgIpc) is 2.81. The van der Waals surface area contributed by atoms with Crippen LogP contribution in [-0.2, 0) is 26.0 Å². The van der Waals surface area contributed by atoms with Gasteiger partial charge in [-0.15, -0.1) is 0 Å². The van der Waals surface area contributed by atoms with E-state index in [9.17, 15) is 18.0 Å². The Morgan fingerprint density at radius 3 is 2.70 bits per heavy atom. The van der Waals surface area contributed by atoms with E-state index in [1.54, 1.807) is 19.9 Å². The molecule has 0 aromatic heterocycles. The molecule has 9 heteroatoms. The number of benzene rings is 2. The number of hydrogen-bond acceptors (Lipinski definition) is 5. The zero-order valence-electron chi connectivity index (χ0n) is 18.9. The third-order valence-corrected chi connectivity index (χ3v) is 8.27. The average molecular weight is 472 g/mol. The molecular formula is C24H29N3O5S. The van der Waals surface area contributed by atoms with E-state index in [-0.39, 0.29) is 35.9 Å². The van der Waals surface area contributed by atoms with Crippen molar-refractivity contribution in [1.82, 2.24) is 9.62 Å². The Bertz CT molecular complexity index is 1160. The molecule has 0 fully saturated rings. The number of nitrogens with one attached hydrogen (secondary N) is 1. The summed E-state index contributed by atoms with van der Waals surface area (Å²) in [5, 5.41) is 3.05. The number of sulfonamides is 1. The highest BCUT2D eigenvalue weighted by Crippen LogP contribution is 2.35. The first-order valence-electron chi connectivity index (χ1n) is 11.3. The SMILES string of the molecule is CCN(CC)S(=O)(=O)c1ccc2c(c1)N(CC(=O)N[C@H]1CCCc3ccccc31)C(=O)CO2. The maximum Gasteiger partial charge on any atom is 0.265 e. The van der Waals surface area contributed by atoms with Gasteiger partial charge in [0.15, 0.2) is 6.61 Å². The molecule has 1 N–H and O–H groups in total. The molecule has 2 aromatic rings. The van der Waals surface area contributed by atoms with Crippen LogP contribution in [0.3, 0.4) is 0 Å². The Labute approximate surface area is 194 Å². The molecule has 1 aliphatic heterocycles. The van der Waals surface area contributed by atoms with Gasteiger partial charge in [-0.1, -0.05) is 38.1 Å². The first-order valence-corrected chi connectivity index (χ1v) is 12.7. The lowest BCUT2D eigenvalue weighted by molar-refractivity contribution is -0.125. The highest BCUT2D eigenvalue weighted by atomic mass is 32.2. The van der Waals surface area contributed by atoms with Crippen LogP contribution in [-0.4, -0.2) is 50.8 Å². The molecule has 0 spiro atoms. The molecular weight excluding hydrogens is 442 g/mol. The van der Waals surface area contributed by atoms with Crippen molar-refractivity contribution in [3.05, 3.63) is 53.6 Å². The number of aryl methyl sites for hydroxylation is 1. The topological polar surface area (TPSA) is 96.0 Å². The molecule has 0 radical (unpaired) electrons. The number of hydrogen-bond donors (Lipinski definition) is 1. The van der Waals surface area contributed by atoms with E-state index in [0.717, 1.165) is 24.8 Å². The number of nitrogens with zero attached hydrogens (tertiary/aromatic N) is 2. The van der Waals surface area contributed by atoms with Crippen LogP contribution in [0.15, 0.2) is 47.4 Å². The van der Waals surface area contributed by atoms with Gasteiger partial charge < -0.3 is 10.1 Å². The van der Waals surface area contributed by atoms with Gasteiger partial charge in [0, 0.05) is 13.1 Å². The fourth-order valence-electron chi connectivity index (χ4n) is 4.52. The van der Waals surface area contributed by atoms with Crippen molar-refractivity contribution in [1.29, 1.82) is 0 Å². The Hall–Kier alpha value is -2.91. The summed E-state index contributed by atoms with van der Waals surface area (Å²) >= 11 is 0. The van der Waals surface area contributed by atoms with Gasteiger partial charge >= 0.3 is 0 Å². The van der Waals surface area contributed by atoms with Gasteiger partial charge in [0.2, 0.25) is 15.9 Å². The maximum atomic E-state index is 13.0. The van der Waals surface area contributed by atoms with Gasteiger partial charge in [-0.3, -0.25) is 14.5 Å². The molecule has 0 bridgehead atoms. The Morgan fingerprint density at radius 2 is 1.94 bits per heavy atom. The van der Waals surface area contributed by atoms with E-state index in [4.69, 9.17) is 4.74 Å². The molecule has 0 unspecified atom stereocenters. The number of rotatable bonds is 7. The summed E-state index contributed by atoms with van der Waals surface area (Å²) in [5.41, 5.74) is 2.63. The molecule has 2 amide bonds. The predicted molar refractivity (Wildman–Crippen MR) is 125 cm³/mol. The molecule has 1 aliphatic carbocycles. The third-order valence-electron chi connectivity index (χ3n) is 6.22. The molecule has 33 heavy (non-hydrogen) atoms. The minimum Gasteiger partial charge on any atom is -0.482 e. The zero-order valence-corrected chi connectivity index (χ0v) is 19.7. The molecule has 2 aromatic carbocycles. The minimum atomic E-state index is -3.72. The van der Waals surface area contributed by atoms with Gasteiger partial charge in [-0.25, -0.2) is 8.42 Å². The lowest BCUT2D eigenvalue weighted by Gasteiger charge is -2.31. The van der Waals surface area contributed by atoms with Crippen LogP contribution in [0.5, 0.6) is 5.75 Å². The second-order valence-corrected chi connectivity index (χ2v) is 10.1. The van der Waals surface area contributed by atoms with Crippen molar-refractivity contribution in [2.45, 2.75) is 44.0 Å². The van der Waals surface area contributed by atoms with E-state index >= 15 is 0 Å². The van der Waals surface area contributed by atoms with E-state index < -0.39 is 10.0 Å². The van der Waals surface area contributed by atoms with Crippen LogP contribution in [0.2, 0.25) is 0 Å². The molecule has 2 aliphatic rings. The largest absolute Gasteiger partial charge is 0.482 e. The van der Waals surface area contributed by atoms with Gasteiger partial charge in [0.1, 0.15) is 12.3 Å². The summed E-state index contributed by atoms with van der Waals surface area (Å²) < 4.78 is 32.8. The van der Waals surface area contributed by atoms with Gasteiger partial charge in [-0.2, -0.15) is 4.31 Å². The standard InChI is InChI=1S/C24H29N3O5S/c1-3-26(4-2)33(30,31)18-12-13-22-21(14-18)27(24(29)16-32-22)15-23(28)25-20-11-7-9-17-8-5-6-10-19(17)20/h5-6,8,10,12-14,20H,3-4,7,9,11,15-16H2,1-2H3,(H,25,28)/t20-/m0/s1. The van der Waals surface area contributed by atoms with Crippen molar-refractivity contribution in [3.8, 4) is 5.75 Å². The van der Waals surface area contributed by atoms with E-state index in [1.165, 1.54) is 26.9 Å². The van der Waals surface area contributed by atoms with Crippen LogP contribution in [0, 0.1) is 0 Å². The number of anilines is 1. The van der Waals surface area contributed by atoms with Crippen molar-refractivity contribution in [2.24, 2.45) is 0 Å². The van der Waals surface area contributed by atoms with Crippen LogP contribution in [0.4, 0.5) is 5.69 Å². The minimum absolute atomic E-state index is 0.0647. The molecule has 176 valence electrons. The van der Waals surface area contributed by atoms with Crippen molar-refractivity contribution in [3.63, 3.8) is 0 Å². The van der Waals surface area contributed by atoms with E-state index in [2.05, 4.69) is 11.4 Å². The van der Waals surface area contributed by atoms with Gasteiger partial charge in [-0.05, 0) is 48.6 Å². The first kappa shape index (κ1) is 23.3. The summed E-state index contributed by atoms with van der Waals surface area (Å²) in [6.45, 7) is 3.80. The van der Waals surface area contributed by atoms with Crippen molar-refractivity contribution >= 4 is 27.5 Å². The molecule has 8 nitrogen and oxygen atoms in total. The summed E-state index contributed by atoms with van der Waals surface area (Å²) in [7, 11) is -3.72. The second kappa shape index (κ2) is 9.52. The smallest absolute Gasteiger partial charge is 0.265 e. The third kappa shape index (κ3) is 4.60. The lowest BCUT2D eigenvalue weighted by atomic mass is 9.88.